The lowest BCUT2D eigenvalue weighted by atomic mass is 9.48. The van der Waals surface area contributed by atoms with Crippen LogP contribution in [-0.4, -0.2) is 24.9 Å². The first kappa shape index (κ1) is 17.7. The van der Waals surface area contributed by atoms with Gasteiger partial charge in [0.05, 0.1) is 6.10 Å². The number of hydrogen-bond donors (Lipinski definition) is 1. The molecule has 4 rings (SSSR count). The van der Waals surface area contributed by atoms with Gasteiger partial charge in [-0.3, -0.25) is 9.35 Å². The maximum absolute atomic E-state index is 12.4. The van der Waals surface area contributed by atoms with Crippen molar-refractivity contribution in [2.75, 3.05) is 0 Å². The number of hydrogen-bond acceptors (Lipinski definition) is 4. The molecule has 0 aromatic rings. The fourth-order valence-corrected chi connectivity index (χ4v) is 7.16. The van der Waals surface area contributed by atoms with Crippen LogP contribution in [0.2, 0.25) is 0 Å². The number of carbonyl (C=O) groups is 1. The molecule has 4 aliphatic carbocycles. The highest BCUT2D eigenvalue weighted by Gasteiger charge is 2.58. The summed E-state index contributed by atoms with van der Waals surface area (Å²) in [6.45, 7) is 4.50. The Bertz CT molecular complexity index is 726. The normalized spacial score (nSPS) is 46.8. The van der Waals surface area contributed by atoms with Crippen molar-refractivity contribution < 1.29 is 21.9 Å². The molecule has 0 saturated heterocycles. The molecule has 0 aliphatic heterocycles. The molecule has 3 saturated carbocycles. The third-order valence-electron chi connectivity index (χ3n) is 8.03. The van der Waals surface area contributed by atoms with Crippen LogP contribution in [0.15, 0.2) is 11.6 Å². The van der Waals surface area contributed by atoms with Crippen LogP contribution in [-0.2, 0) is 19.4 Å². The van der Waals surface area contributed by atoms with E-state index in [2.05, 4.69) is 19.9 Å². The Balaban J connectivity index is 1.59. The van der Waals surface area contributed by atoms with E-state index in [-0.39, 0.29) is 10.8 Å². The Morgan fingerprint density at radius 1 is 1.12 bits per heavy atom. The van der Waals surface area contributed by atoms with E-state index >= 15 is 0 Å². The zero-order valence-electron chi connectivity index (χ0n) is 15.0. The minimum atomic E-state index is -4.40. The van der Waals surface area contributed by atoms with Gasteiger partial charge in [0.25, 0.3) is 0 Å². The Morgan fingerprint density at radius 2 is 1.80 bits per heavy atom. The van der Waals surface area contributed by atoms with Crippen molar-refractivity contribution in [1.82, 2.24) is 0 Å². The van der Waals surface area contributed by atoms with Crippen molar-refractivity contribution in [3.05, 3.63) is 11.6 Å². The average Bonchev–Trinajstić information content (AvgIpc) is 2.82. The van der Waals surface area contributed by atoms with Gasteiger partial charge in [0.15, 0.2) is 0 Å². The molecule has 0 aromatic carbocycles. The molecular weight excluding hydrogens is 340 g/mol. The Hall–Kier alpha value is -0.720. The van der Waals surface area contributed by atoms with E-state index in [1.807, 2.05) is 0 Å². The van der Waals surface area contributed by atoms with Crippen LogP contribution < -0.4 is 0 Å². The third kappa shape index (κ3) is 2.72. The molecule has 0 bridgehead atoms. The summed E-state index contributed by atoms with van der Waals surface area (Å²) < 4.78 is 35.9. The second-order valence-electron chi connectivity index (χ2n) is 9.07. The standard InChI is InChI=1S/C19H28O5S/c1-18-9-7-13(24-25(21,22)23)11-12(18)3-4-14-15-5-6-17(20)19(15,2)10-8-16(14)18/h3,13-16H,4-11H2,1-2H3,(H,21,22,23)/t13-,14-,15-,16-,18+,19-/m1/s1. The summed E-state index contributed by atoms with van der Waals surface area (Å²) in [6.07, 6.45) is 8.79. The Labute approximate surface area is 150 Å². The molecule has 6 atom stereocenters. The third-order valence-corrected chi connectivity index (χ3v) is 8.54. The van der Waals surface area contributed by atoms with Crippen LogP contribution in [0.5, 0.6) is 0 Å². The maximum atomic E-state index is 12.4. The van der Waals surface area contributed by atoms with Crippen molar-refractivity contribution in [3.8, 4) is 0 Å². The highest BCUT2D eigenvalue weighted by Crippen LogP contribution is 2.64. The SMILES string of the molecule is C[C@@]12CC[C@@H]3[C@H](CC=C4C[C@H](OS(=O)(=O)O)CC[C@@]43C)[C@H]1CCC2=O. The molecule has 140 valence electrons. The zero-order valence-corrected chi connectivity index (χ0v) is 15.8. The van der Waals surface area contributed by atoms with E-state index in [4.69, 9.17) is 8.74 Å². The van der Waals surface area contributed by atoms with Gasteiger partial charge in [-0.05, 0) is 68.1 Å². The van der Waals surface area contributed by atoms with Crippen molar-refractivity contribution >= 4 is 16.2 Å². The van der Waals surface area contributed by atoms with Gasteiger partial charge in [-0.2, -0.15) is 8.42 Å². The minimum Gasteiger partial charge on any atom is -0.299 e. The van der Waals surface area contributed by atoms with Crippen molar-refractivity contribution in [3.63, 3.8) is 0 Å². The molecule has 3 fully saturated rings. The average molecular weight is 368 g/mol. The molecule has 4 aliphatic rings. The molecule has 0 spiro atoms. The summed E-state index contributed by atoms with van der Waals surface area (Å²) in [5.74, 6) is 2.10. The second-order valence-corrected chi connectivity index (χ2v) is 10.1. The van der Waals surface area contributed by atoms with Crippen LogP contribution in [0.4, 0.5) is 0 Å². The van der Waals surface area contributed by atoms with E-state index in [0.717, 1.165) is 38.5 Å². The number of carbonyl (C=O) groups excluding carboxylic acids is 1. The number of fused-ring (bicyclic) bond motifs is 5. The van der Waals surface area contributed by atoms with Gasteiger partial charge >= 0.3 is 10.4 Å². The van der Waals surface area contributed by atoms with Crippen LogP contribution in [0.25, 0.3) is 0 Å². The lowest BCUT2D eigenvalue weighted by Crippen LogP contribution is -2.50. The first-order chi connectivity index (χ1) is 11.6. The molecule has 0 heterocycles. The molecule has 0 aromatic heterocycles. The van der Waals surface area contributed by atoms with Gasteiger partial charge in [-0.25, -0.2) is 4.18 Å². The van der Waals surface area contributed by atoms with Gasteiger partial charge < -0.3 is 0 Å². The van der Waals surface area contributed by atoms with Gasteiger partial charge in [-0.15, -0.1) is 0 Å². The summed E-state index contributed by atoms with van der Waals surface area (Å²) in [5.41, 5.74) is 1.25. The van der Waals surface area contributed by atoms with Crippen molar-refractivity contribution in [1.29, 1.82) is 0 Å². The first-order valence-electron chi connectivity index (χ1n) is 9.52. The summed E-state index contributed by atoms with van der Waals surface area (Å²) in [6, 6.07) is 0. The molecule has 5 nitrogen and oxygen atoms in total. The van der Waals surface area contributed by atoms with E-state index in [1.165, 1.54) is 5.57 Å². The monoisotopic (exact) mass is 368 g/mol. The minimum absolute atomic E-state index is 0.0783. The van der Waals surface area contributed by atoms with Crippen molar-refractivity contribution in [2.24, 2.45) is 28.6 Å². The number of Topliss-reactive ketones (excluding diaryl/α,β-unsaturated/α-hetero) is 1. The predicted octanol–water partition coefficient (Wildman–Crippen LogP) is 3.71. The molecule has 0 amide bonds. The molecular formula is C19H28O5S. The van der Waals surface area contributed by atoms with E-state index in [1.54, 1.807) is 0 Å². The van der Waals surface area contributed by atoms with Crippen molar-refractivity contribution in [2.45, 2.75) is 71.3 Å². The van der Waals surface area contributed by atoms with Gasteiger partial charge in [0.2, 0.25) is 0 Å². The van der Waals surface area contributed by atoms with Gasteiger partial charge in [0, 0.05) is 11.8 Å². The highest BCUT2D eigenvalue weighted by molar-refractivity contribution is 7.80. The van der Waals surface area contributed by atoms with E-state index in [9.17, 15) is 13.2 Å². The summed E-state index contributed by atoms with van der Waals surface area (Å²) in [5, 5.41) is 0. The predicted molar refractivity (Wildman–Crippen MR) is 93.1 cm³/mol. The molecule has 1 N–H and O–H groups in total. The quantitative estimate of drug-likeness (QED) is 0.594. The summed E-state index contributed by atoms with van der Waals surface area (Å²) in [7, 11) is -4.40. The van der Waals surface area contributed by atoms with Crippen LogP contribution in [0, 0.1) is 28.6 Å². The lowest BCUT2D eigenvalue weighted by Gasteiger charge is -2.56. The van der Waals surface area contributed by atoms with Crippen LogP contribution in [0.1, 0.15) is 65.2 Å². The zero-order chi connectivity index (χ0) is 18.0. The second kappa shape index (κ2) is 5.64. The summed E-state index contributed by atoms with van der Waals surface area (Å²) >= 11 is 0. The summed E-state index contributed by atoms with van der Waals surface area (Å²) in [4.78, 5) is 12.4. The first-order valence-corrected chi connectivity index (χ1v) is 10.9. The molecule has 0 unspecified atom stereocenters. The topological polar surface area (TPSA) is 80.7 Å². The highest BCUT2D eigenvalue weighted by atomic mass is 32.3. The number of allylic oxidation sites excluding steroid dienone is 1. The van der Waals surface area contributed by atoms with E-state index in [0.29, 0.717) is 36.4 Å². The Kier molecular flexibility index (Phi) is 3.99. The maximum Gasteiger partial charge on any atom is 0.397 e. The molecule has 6 heteroatoms. The Morgan fingerprint density at radius 3 is 2.52 bits per heavy atom. The lowest BCUT2D eigenvalue weighted by molar-refractivity contribution is -0.131. The van der Waals surface area contributed by atoms with E-state index < -0.39 is 16.5 Å². The fraction of sp³-hybridized carbons (Fsp3) is 0.842. The molecule has 25 heavy (non-hydrogen) atoms. The number of ketones is 1. The smallest absolute Gasteiger partial charge is 0.299 e. The van der Waals surface area contributed by atoms with Gasteiger partial charge in [0.1, 0.15) is 5.78 Å². The number of rotatable bonds is 2. The fourth-order valence-electron chi connectivity index (χ4n) is 6.65. The van der Waals surface area contributed by atoms with Crippen LogP contribution >= 0.6 is 0 Å². The molecule has 0 radical (unpaired) electrons. The van der Waals surface area contributed by atoms with Gasteiger partial charge in [-0.1, -0.05) is 25.5 Å². The largest absolute Gasteiger partial charge is 0.397 e. The van der Waals surface area contributed by atoms with Crippen LogP contribution in [0.3, 0.4) is 0 Å².